The Morgan fingerprint density at radius 2 is 1.47 bits per heavy atom. The van der Waals surface area contributed by atoms with E-state index in [4.69, 9.17) is 0 Å². The molecule has 0 unspecified atom stereocenters. The van der Waals surface area contributed by atoms with Crippen LogP contribution in [0.4, 0.5) is 0 Å². The largest absolute Gasteiger partial charge is 0.309 e. The first-order valence-corrected chi connectivity index (χ1v) is 13.0. The quantitative estimate of drug-likeness (QED) is 0.236. The summed E-state index contributed by atoms with van der Waals surface area (Å²) >= 11 is 0. The zero-order chi connectivity index (χ0) is 24.4. The van der Waals surface area contributed by atoms with Gasteiger partial charge in [-0.05, 0) is 36.6 Å². The van der Waals surface area contributed by atoms with Gasteiger partial charge in [-0.2, -0.15) is 4.57 Å². The lowest BCUT2D eigenvalue weighted by atomic mass is 9.94. The summed E-state index contributed by atoms with van der Waals surface area (Å²) in [4.78, 5) is 0. The number of hydrogen-bond donors (Lipinski definition) is 0. The van der Waals surface area contributed by atoms with Crippen molar-refractivity contribution in [2.24, 2.45) is 0 Å². The SMILES string of the molecule is CCc1c(-n2c3ccccc3c3ccccc32)ccc(C(C)C)c1-n1cc[n+]2c1-c1ccccc1C2. The predicted octanol–water partition coefficient (Wildman–Crippen LogP) is 7.58. The Kier molecular flexibility index (Phi) is 4.69. The molecule has 0 aliphatic carbocycles. The third-order valence-corrected chi connectivity index (χ3v) is 7.82. The average Bonchev–Trinajstić information content (AvgIpc) is 3.58. The van der Waals surface area contributed by atoms with Crippen molar-refractivity contribution in [3.63, 3.8) is 0 Å². The minimum atomic E-state index is 0.414. The Bertz CT molecular complexity index is 1730. The van der Waals surface area contributed by atoms with Crippen LogP contribution in [0.1, 0.15) is 43.4 Å². The molecule has 6 aromatic rings. The lowest BCUT2D eigenvalue weighted by Gasteiger charge is -2.20. The Labute approximate surface area is 211 Å². The second-order valence-electron chi connectivity index (χ2n) is 10.2. The molecule has 0 amide bonds. The van der Waals surface area contributed by atoms with Gasteiger partial charge in [0, 0.05) is 27.5 Å². The van der Waals surface area contributed by atoms with E-state index in [0.717, 1.165) is 13.0 Å². The van der Waals surface area contributed by atoms with Crippen molar-refractivity contribution in [1.29, 1.82) is 0 Å². The lowest BCUT2D eigenvalue weighted by Crippen LogP contribution is -2.30. The minimum Gasteiger partial charge on any atom is -0.309 e. The first-order chi connectivity index (χ1) is 17.7. The molecule has 3 heterocycles. The average molecular weight is 469 g/mol. The molecule has 1 aliphatic rings. The van der Waals surface area contributed by atoms with E-state index in [9.17, 15) is 0 Å². The van der Waals surface area contributed by atoms with Crippen LogP contribution in [0.2, 0.25) is 0 Å². The van der Waals surface area contributed by atoms with E-state index in [-0.39, 0.29) is 0 Å². The summed E-state index contributed by atoms with van der Waals surface area (Å²) < 4.78 is 7.32. The van der Waals surface area contributed by atoms with E-state index in [1.54, 1.807) is 0 Å². The molecule has 176 valence electrons. The van der Waals surface area contributed by atoms with E-state index in [0.29, 0.717) is 5.92 Å². The van der Waals surface area contributed by atoms with Crippen LogP contribution in [0, 0.1) is 0 Å². The smallest absolute Gasteiger partial charge is 0.294 e. The van der Waals surface area contributed by atoms with Gasteiger partial charge in [-0.25, -0.2) is 4.57 Å². The molecule has 1 aliphatic heterocycles. The summed E-state index contributed by atoms with van der Waals surface area (Å²) in [7, 11) is 0. The summed E-state index contributed by atoms with van der Waals surface area (Å²) in [5, 5.41) is 2.60. The number of benzene rings is 4. The predicted molar refractivity (Wildman–Crippen MR) is 148 cm³/mol. The van der Waals surface area contributed by atoms with Crippen LogP contribution in [0.25, 0.3) is 44.6 Å². The molecule has 0 radical (unpaired) electrons. The fraction of sp³-hybridized carbons (Fsp3) is 0.182. The summed E-state index contributed by atoms with van der Waals surface area (Å²) in [6.45, 7) is 7.85. The first kappa shape index (κ1) is 21.2. The molecule has 36 heavy (non-hydrogen) atoms. The fourth-order valence-electron chi connectivity index (χ4n) is 6.21. The van der Waals surface area contributed by atoms with Gasteiger partial charge in [0.05, 0.1) is 22.3 Å². The highest BCUT2D eigenvalue weighted by Crippen LogP contribution is 2.39. The third kappa shape index (κ3) is 2.89. The van der Waals surface area contributed by atoms with Crippen molar-refractivity contribution in [2.45, 2.75) is 39.7 Å². The standard InChI is InChI=1S/C33H30N3/c1-4-24-31(36-29-15-9-7-13-27(29)28-14-8-10-16-30(28)36)18-17-25(22(2)3)32(24)35-20-19-34-21-23-11-5-6-12-26(23)33(34)35/h5-20,22H,4,21H2,1-3H3/q+1. The minimum absolute atomic E-state index is 0.414. The van der Waals surface area contributed by atoms with E-state index >= 15 is 0 Å². The van der Waals surface area contributed by atoms with Gasteiger partial charge >= 0.3 is 0 Å². The van der Waals surface area contributed by atoms with E-state index in [1.165, 1.54) is 61.3 Å². The maximum Gasteiger partial charge on any atom is 0.294 e. The highest BCUT2D eigenvalue weighted by atomic mass is 15.2. The molecule has 0 atom stereocenters. The van der Waals surface area contributed by atoms with Crippen LogP contribution >= 0.6 is 0 Å². The second-order valence-corrected chi connectivity index (χ2v) is 10.2. The van der Waals surface area contributed by atoms with Crippen LogP contribution in [0.3, 0.4) is 0 Å². The number of aromatic nitrogens is 3. The fourth-order valence-corrected chi connectivity index (χ4v) is 6.21. The van der Waals surface area contributed by atoms with Gasteiger partial charge in [-0.3, -0.25) is 0 Å². The highest BCUT2D eigenvalue weighted by Gasteiger charge is 2.33. The van der Waals surface area contributed by atoms with Crippen LogP contribution in [-0.4, -0.2) is 9.13 Å². The van der Waals surface area contributed by atoms with Gasteiger partial charge in [0.1, 0.15) is 24.6 Å². The van der Waals surface area contributed by atoms with E-state index in [1.807, 2.05) is 0 Å². The first-order valence-electron chi connectivity index (χ1n) is 13.0. The van der Waals surface area contributed by atoms with Gasteiger partial charge in [-0.1, -0.05) is 81.4 Å². The molecular formula is C33H30N3+. The molecule has 0 saturated carbocycles. The topological polar surface area (TPSA) is 13.7 Å². The van der Waals surface area contributed by atoms with Crippen molar-refractivity contribution in [3.8, 4) is 22.8 Å². The highest BCUT2D eigenvalue weighted by molar-refractivity contribution is 6.09. The molecule has 3 heteroatoms. The third-order valence-electron chi connectivity index (χ3n) is 7.82. The maximum absolute atomic E-state index is 2.47. The van der Waals surface area contributed by atoms with E-state index < -0.39 is 0 Å². The summed E-state index contributed by atoms with van der Waals surface area (Å²) in [6, 6.07) is 31.1. The van der Waals surface area contributed by atoms with Crippen LogP contribution in [0.15, 0.2) is 97.3 Å². The number of hydrogen-bond acceptors (Lipinski definition) is 0. The Balaban J connectivity index is 1.58. The molecule has 0 bridgehead atoms. The molecule has 0 N–H and O–H groups in total. The summed E-state index contributed by atoms with van der Waals surface area (Å²) in [5.41, 5.74) is 10.6. The maximum atomic E-state index is 2.47. The molecule has 0 saturated heterocycles. The zero-order valence-corrected chi connectivity index (χ0v) is 21.1. The molecule has 3 nitrogen and oxygen atoms in total. The second kappa shape index (κ2) is 7.96. The Morgan fingerprint density at radius 1 is 0.806 bits per heavy atom. The molecule has 0 fully saturated rings. The number of fused-ring (bicyclic) bond motifs is 6. The summed E-state index contributed by atoms with van der Waals surface area (Å²) in [5.74, 6) is 1.69. The van der Waals surface area contributed by atoms with Crippen LogP contribution in [-0.2, 0) is 13.0 Å². The van der Waals surface area contributed by atoms with Crippen LogP contribution < -0.4 is 4.57 Å². The van der Waals surface area contributed by atoms with Gasteiger partial charge in [0.15, 0.2) is 0 Å². The Hall–Kier alpha value is -4.11. The molecule has 4 aromatic carbocycles. The van der Waals surface area contributed by atoms with Gasteiger partial charge in [-0.15, -0.1) is 0 Å². The van der Waals surface area contributed by atoms with E-state index in [2.05, 4.69) is 132 Å². The Morgan fingerprint density at radius 3 is 2.17 bits per heavy atom. The number of para-hydroxylation sites is 2. The van der Waals surface area contributed by atoms with Crippen molar-refractivity contribution in [3.05, 3.63) is 114 Å². The van der Waals surface area contributed by atoms with Gasteiger partial charge < -0.3 is 4.57 Å². The van der Waals surface area contributed by atoms with Crippen molar-refractivity contribution in [1.82, 2.24) is 9.13 Å². The monoisotopic (exact) mass is 468 g/mol. The van der Waals surface area contributed by atoms with Crippen LogP contribution in [0.5, 0.6) is 0 Å². The normalized spacial score (nSPS) is 12.6. The molecular weight excluding hydrogens is 438 g/mol. The number of nitrogens with zero attached hydrogens (tertiary/aromatic N) is 3. The summed E-state index contributed by atoms with van der Waals surface area (Å²) in [6.07, 6.45) is 5.46. The lowest BCUT2D eigenvalue weighted by molar-refractivity contribution is -0.671. The van der Waals surface area contributed by atoms with Gasteiger partial charge in [0.2, 0.25) is 0 Å². The van der Waals surface area contributed by atoms with Crippen molar-refractivity contribution < 1.29 is 4.57 Å². The molecule has 2 aromatic heterocycles. The molecule has 0 spiro atoms. The zero-order valence-electron chi connectivity index (χ0n) is 21.1. The van der Waals surface area contributed by atoms with Gasteiger partial charge in [0.25, 0.3) is 5.82 Å². The molecule has 7 rings (SSSR count). The van der Waals surface area contributed by atoms with Crippen molar-refractivity contribution in [2.75, 3.05) is 0 Å². The number of imidazole rings is 1. The number of rotatable bonds is 4. The van der Waals surface area contributed by atoms with Crippen molar-refractivity contribution >= 4 is 21.8 Å².